The molecule has 4 aromatic rings. The Morgan fingerprint density at radius 3 is 2.52 bits per heavy atom. The molecule has 0 bridgehead atoms. The van der Waals surface area contributed by atoms with Crippen molar-refractivity contribution in [1.82, 2.24) is 4.98 Å². The van der Waals surface area contributed by atoms with Gasteiger partial charge in [-0.3, -0.25) is 9.69 Å². The van der Waals surface area contributed by atoms with Crippen molar-refractivity contribution in [3.63, 3.8) is 0 Å². The quantitative estimate of drug-likeness (QED) is 0.320. The van der Waals surface area contributed by atoms with Gasteiger partial charge < -0.3 is 0 Å². The lowest BCUT2D eigenvalue weighted by Gasteiger charge is -2.20. The van der Waals surface area contributed by atoms with Gasteiger partial charge in [-0.15, -0.1) is 11.8 Å². The highest BCUT2D eigenvalue weighted by molar-refractivity contribution is 7.98. The molecule has 0 saturated carbocycles. The van der Waals surface area contributed by atoms with Gasteiger partial charge in [0.05, 0.1) is 16.8 Å². The number of anilines is 1. The third-order valence-corrected chi connectivity index (χ3v) is 6.62. The summed E-state index contributed by atoms with van der Waals surface area (Å²) >= 11 is 9.37. The van der Waals surface area contributed by atoms with Crippen LogP contribution in [-0.2, 0) is 6.54 Å². The third kappa shape index (κ3) is 4.32. The maximum Gasteiger partial charge on any atom is 0.260 e. The van der Waals surface area contributed by atoms with Gasteiger partial charge in [-0.1, -0.05) is 53.3 Å². The summed E-state index contributed by atoms with van der Waals surface area (Å²) in [5.41, 5.74) is 3.59. The molecule has 1 aromatic heterocycles. The van der Waals surface area contributed by atoms with E-state index in [0.717, 1.165) is 26.2 Å². The molecule has 0 aliphatic rings. The second-order valence-electron chi connectivity index (χ2n) is 6.67. The molecule has 0 saturated heterocycles. The summed E-state index contributed by atoms with van der Waals surface area (Å²) < 4.78 is 0.980. The maximum atomic E-state index is 13.4. The summed E-state index contributed by atoms with van der Waals surface area (Å²) in [6, 6.07) is 21.5. The van der Waals surface area contributed by atoms with E-state index in [1.54, 1.807) is 16.7 Å². The number of fused-ring (bicyclic) bond motifs is 1. The molecule has 3 aromatic carbocycles. The van der Waals surface area contributed by atoms with Crippen LogP contribution in [0.25, 0.3) is 10.2 Å². The number of thiazole rings is 1. The number of nitrogens with zero attached hydrogens (tertiary/aromatic N) is 2. The molecule has 3 nitrogen and oxygen atoms in total. The average Bonchev–Trinajstić information content (AvgIpc) is 3.16. The van der Waals surface area contributed by atoms with E-state index in [0.29, 0.717) is 22.3 Å². The Bertz CT molecular complexity index is 1160. The molecule has 0 unspecified atom stereocenters. The van der Waals surface area contributed by atoms with Crippen LogP contribution in [0.1, 0.15) is 21.5 Å². The van der Waals surface area contributed by atoms with Crippen LogP contribution in [0.5, 0.6) is 0 Å². The lowest BCUT2D eigenvalue weighted by atomic mass is 10.1. The van der Waals surface area contributed by atoms with Gasteiger partial charge in [-0.05, 0) is 60.7 Å². The van der Waals surface area contributed by atoms with Crippen molar-refractivity contribution in [3.8, 4) is 0 Å². The average molecular weight is 439 g/mol. The summed E-state index contributed by atoms with van der Waals surface area (Å²) in [6.07, 6.45) is 2.02. The minimum atomic E-state index is -0.0655. The minimum Gasteiger partial charge on any atom is -0.279 e. The summed E-state index contributed by atoms with van der Waals surface area (Å²) in [7, 11) is 0. The first kappa shape index (κ1) is 20.0. The molecule has 29 heavy (non-hydrogen) atoms. The molecule has 0 fully saturated rings. The van der Waals surface area contributed by atoms with E-state index in [-0.39, 0.29) is 5.91 Å². The number of carbonyl (C=O) groups excluding carboxylic acids is 1. The second-order valence-corrected chi connectivity index (χ2v) is 9.00. The Kier molecular flexibility index (Phi) is 5.90. The van der Waals surface area contributed by atoms with E-state index in [1.165, 1.54) is 11.3 Å². The van der Waals surface area contributed by atoms with E-state index >= 15 is 0 Å². The fraction of sp³-hybridized carbons (Fsp3) is 0.130. The fourth-order valence-electron chi connectivity index (χ4n) is 3.14. The largest absolute Gasteiger partial charge is 0.279 e. The van der Waals surface area contributed by atoms with Crippen molar-refractivity contribution in [2.24, 2.45) is 0 Å². The molecule has 1 heterocycles. The first-order valence-corrected chi connectivity index (χ1v) is 11.5. The topological polar surface area (TPSA) is 33.2 Å². The Hall–Kier alpha value is -2.34. The van der Waals surface area contributed by atoms with Gasteiger partial charge >= 0.3 is 0 Å². The predicted molar refractivity (Wildman–Crippen MR) is 125 cm³/mol. The number of hydrogen-bond acceptors (Lipinski definition) is 4. The highest BCUT2D eigenvalue weighted by Crippen LogP contribution is 2.34. The molecule has 6 heteroatoms. The lowest BCUT2D eigenvalue weighted by Crippen LogP contribution is -2.30. The SMILES string of the molecule is CSc1ccc(C(=O)N(Cc2ccccc2)c2nc3c(C)cc(Cl)cc3s2)cc1. The second kappa shape index (κ2) is 8.57. The number of benzene rings is 3. The van der Waals surface area contributed by atoms with Crippen molar-refractivity contribution in [2.45, 2.75) is 18.4 Å². The summed E-state index contributed by atoms with van der Waals surface area (Å²) in [5, 5.41) is 1.35. The molecule has 146 valence electrons. The Balaban J connectivity index is 1.77. The van der Waals surface area contributed by atoms with Crippen LogP contribution in [0.15, 0.2) is 71.6 Å². The number of thioether (sulfide) groups is 1. The van der Waals surface area contributed by atoms with Gasteiger partial charge in [-0.2, -0.15) is 0 Å². The smallest absolute Gasteiger partial charge is 0.260 e. The van der Waals surface area contributed by atoms with Crippen LogP contribution in [-0.4, -0.2) is 17.1 Å². The monoisotopic (exact) mass is 438 g/mol. The minimum absolute atomic E-state index is 0.0655. The first-order chi connectivity index (χ1) is 14.0. The van der Waals surface area contributed by atoms with Crippen molar-refractivity contribution >= 4 is 56.0 Å². The molecule has 1 amide bonds. The summed E-state index contributed by atoms with van der Waals surface area (Å²) in [6.45, 7) is 2.44. The zero-order valence-corrected chi connectivity index (χ0v) is 18.4. The van der Waals surface area contributed by atoms with Crippen molar-refractivity contribution in [3.05, 3.63) is 88.4 Å². The van der Waals surface area contributed by atoms with Gasteiger partial charge in [0.15, 0.2) is 5.13 Å². The van der Waals surface area contributed by atoms with Crippen LogP contribution >= 0.6 is 34.7 Å². The number of aryl methyl sites for hydroxylation is 1. The van der Waals surface area contributed by atoms with Crippen molar-refractivity contribution in [2.75, 3.05) is 11.2 Å². The lowest BCUT2D eigenvalue weighted by molar-refractivity contribution is 0.0985. The molecule has 4 rings (SSSR count). The zero-order chi connectivity index (χ0) is 20.4. The van der Waals surface area contributed by atoms with E-state index in [4.69, 9.17) is 16.6 Å². The fourth-order valence-corrected chi connectivity index (χ4v) is 4.97. The van der Waals surface area contributed by atoms with Crippen LogP contribution in [0.4, 0.5) is 5.13 Å². The molecular weight excluding hydrogens is 420 g/mol. The number of aromatic nitrogens is 1. The van der Waals surface area contributed by atoms with E-state index < -0.39 is 0 Å². The highest BCUT2D eigenvalue weighted by Gasteiger charge is 2.22. The first-order valence-electron chi connectivity index (χ1n) is 9.11. The Labute approximate surface area is 183 Å². The Morgan fingerprint density at radius 1 is 1.10 bits per heavy atom. The van der Waals surface area contributed by atoms with Gasteiger partial charge in [0.1, 0.15) is 0 Å². The van der Waals surface area contributed by atoms with Crippen LogP contribution in [0.2, 0.25) is 5.02 Å². The standard InChI is InChI=1S/C23H19ClN2OS2/c1-15-12-18(24)13-20-21(15)25-23(29-20)26(14-16-6-4-3-5-7-16)22(27)17-8-10-19(28-2)11-9-17/h3-13H,14H2,1-2H3. The number of amides is 1. The van der Waals surface area contributed by atoms with Crippen LogP contribution < -0.4 is 4.90 Å². The summed E-state index contributed by atoms with van der Waals surface area (Å²) in [5.74, 6) is -0.0655. The van der Waals surface area contributed by atoms with Gasteiger partial charge in [0.2, 0.25) is 0 Å². The van der Waals surface area contributed by atoms with Gasteiger partial charge in [0.25, 0.3) is 5.91 Å². The van der Waals surface area contributed by atoms with Crippen molar-refractivity contribution < 1.29 is 4.79 Å². The summed E-state index contributed by atoms with van der Waals surface area (Å²) in [4.78, 5) is 21.1. The van der Waals surface area contributed by atoms with Crippen molar-refractivity contribution in [1.29, 1.82) is 0 Å². The number of carbonyl (C=O) groups is 1. The molecule has 0 radical (unpaired) electrons. The zero-order valence-electron chi connectivity index (χ0n) is 16.1. The molecular formula is C23H19ClN2OS2. The van der Waals surface area contributed by atoms with E-state index in [1.807, 2.05) is 79.9 Å². The van der Waals surface area contributed by atoms with E-state index in [9.17, 15) is 4.79 Å². The molecule has 0 N–H and O–H groups in total. The normalized spacial score (nSPS) is 11.0. The third-order valence-electron chi connectivity index (χ3n) is 4.64. The number of hydrogen-bond donors (Lipinski definition) is 0. The van der Waals surface area contributed by atoms with Gasteiger partial charge in [0, 0.05) is 15.5 Å². The highest BCUT2D eigenvalue weighted by atomic mass is 35.5. The predicted octanol–water partition coefficient (Wildman–Crippen LogP) is 6.83. The maximum absolute atomic E-state index is 13.4. The molecule has 0 atom stereocenters. The van der Waals surface area contributed by atoms with Crippen LogP contribution in [0, 0.1) is 6.92 Å². The number of rotatable bonds is 5. The molecule has 0 spiro atoms. The number of halogens is 1. The molecule has 0 aliphatic heterocycles. The van der Waals surface area contributed by atoms with Crippen LogP contribution in [0.3, 0.4) is 0 Å². The van der Waals surface area contributed by atoms with E-state index in [2.05, 4.69) is 0 Å². The Morgan fingerprint density at radius 2 is 1.83 bits per heavy atom. The molecule has 0 aliphatic carbocycles. The van der Waals surface area contributed by atoms with Gasteiger partial charge in [-0.25, -0.2) is 4.98 Å².